The van der Waals surface area contributed by atoms with Crippen molar-refractivity contribution >= 4 is 24.2 Å². The Labute approximate surface area is 159 Å². The standard InChI is InChI=1S/C18H36N4O2.ClH/c1-13(2)15(19)17(24)22-9-7-14(8-10-22)16(23)20-11-18(3,4)12-21(5)6;/h13-15H,7-12,19H2,1-6H3,(H,20,23);1H/t15-;/m0./s1. The number of piperidine rings is 1. The molecule has 1 heterocycles. The predicted molar refractivity (Wildman–Crippen MR) is 105 cm³/mol. The van der Waals surface area contributed by atoms with Crippen LogP contribution in [0.25, 0.3) is 0 Å². The molecule has 1 saturated heterocycles. The van der Waals surface area contributed by atoms with Crippen molar-refractivity contribution in [3.63, 3.8) is 0 Å². The van der Waals surface area contributed by atoms with Crippen LogP contribution in [0.3, 0.4) is 0 Å². The van der Waals surface area contributed by atoms with Crippen molar-refractivity contribution in [2.75, 3.05) is 40.3 Å². The van der Waals surface area contributed by atoms with Crippen molar-refractivity contribution in [1.29, 1.82) is 0 Å². The lowest BCUT2D eigenvalue weighted by molar-refractivity contribution is -0.137. The van der Waals surface area contributed by atoms with Gasteiger partial charge in [-0.15, -0.1) is 12.4 Å². The molecule has 7 heteroatoms. The number of likely N-dealkylation sites (tertiary alicyclic amines) is 1. The topological polar surface area (TPSA) is 78.7 Å². The zero-order valence-corrected chi connectivity index (χ0v) is 17.5. The molecule has 148 valence electrons. The van der Waals surface area contributed by atoms with E-state index in [1.165, 1.54) is 0 Å². The summed E-state index contributed by atoms with van der Waals surface area (Å²) in [6, 6.07) is -0.442. The Bertz CT molecular complexity index is 433. The average Bonchev–Trinajstić information content (AvgIpc) is 2.50. The van der Waals surface area contributed by atoms with Gasteiger partial charge in [0.05, 0.1) is 6.04 Å². The third-order valence-electron chi connectivity index (χ3n) is 4.67. The van der Waals surface area contributed by atoms with E-state index in [0.29, 0.717) is 19.6 Å². The molecule has 0 aromatic carbocycles. The summed E-state index contributed by atoms with van der Waals surface area (Å²) in [7, 11) is 4.08. The molecule has 0 spiro atoms. The van der Waals surface area contributed by atoms with Crippen LogP contribution in [0, 0.1) is 17.3 Å². The monoisotopic (exact) mass is 376 g/mol. The molecule has 6 nitrogen and oxygen atoms in total. The Morgan fingerprint density at radius 1 is 1.24 bits per heavy atom. The first-order valence-corrected chi connectivity index (χ1v) is 9.00. The van der Waals surface area contributed by atoms with Crippen molar-refractivity contribution in [2.45, 2.75) is 46.6 Å². The van der Waals surface area contributed by atoms with E-state index < -0.39 is 6.04 Å². The Hall–Kier alpha value is -0.850. The van der Waals surface area contributed by atoms with Crippen LogP contribution in [-0.4, -0.2) is 67.9 Å². The quantitative estimate of drug-likeness (QED) is 0.702. The van der Waals surface area contributed by atoms with Crippen LogP contribution in [0.2, 0.25) is 0 Å². The van der Waals surface area contributed by atoms with E-state index in [-0.39, 0.29) is 41.5 Å². The summed E-state index contributed by atoms with van der Waals surface area (Å²) in [5.74, 6) is 0.259. The Balaban J connectivity index is 0.00000576. The molecular weight excluding hydrogens is 340 g/mol. The molecule has 1 aliphatic heterocycles. The molecule has 1 atom stereocenters. The zero-order chi connectivity index (χ0) is 18.5. The van der Waals surface area contributed by atoms with Gasteiger partial charge in [0.25, 0.3) is 0 Å². The van der Waals surface area contributed by atoms with E-state index in [1.54, 1.807) is 0 Å². The number of carbonyl (C=O) groups is 2. The summed E-state index contributed by atoms with van der Waals surface area (Å²) in [4.78, 5) is 28.6. The van der Waals surface area contributed by atoms with Gasteiger partial charge in [-0.2, -0.15) is 0 Å². The minimum Gasteiger partial charge on any atom is -0.355 e. The van der Waals surface area contributed by atoms with Crippen LogP contribution >= 0.6 is 12.4 Å². The molecule has 0 saturated carbocycles. The lowest BCUT2D eigenvalue weighted by Crippen LogP contribution is -2.51. The molecule has 0 unspecified atom stereocenters. The number of hydrogen-bond donors (Lipinski definition) is 2. The first kappa shape index (κ1) is 24.1. The highest BCUT2D eigenvalue weighted by molar-refractivity contribution is 5.85. The minimum absolute atomic E-state index is 0. The molecule has 0 aromatic rings. The molecule has 0 aromatic heterocycles. The fourth-order valence-corrected chi connectivity index (χ4v) is 3.24. The molecular formula is C18H37ClN4O2. The summed E-state index contributed by atoms with van der Waals surface area (Å²) in [5.41, 5.74) is 5.99. The largest absolute Gasteiger partial charge is 0.355 e. The van der Waals surface area contributed by atoms with Crippen LogP contribution < -0.4 is 11.1 Å². The van der Waals surface area contributed by atoms with Crippen molar-refractivity contribution < 1.29 is 9.59 Å². The Kier molecular flexibility index (Phi) is 9.98. The number of rotatable bonds is 7. The van der Waals surface area contributed by atoms with Gasteiger partial charge in [0, 0.05) is 32.1 Å². The smallest absolute Gasteiger partial charge is 0.239 e. The number of amides is 2. The van der Waals surface area contributed by atoms with Gasteiger partial charge in [0.2, 0.25) is 11.8 Å². The highest BCUT2D eigenvalue weighted by Crippen LogP contribution is 2.20. The maximum Gasteiger partial charge on any atom is 0.239 e. The average molecular weight is 377 g/mol. The Morgan fingerprint density at radius 3 is 2.20 bits per heavy atom. The molecule has 1 rings (SSSR count). The number of nitrogens with zero attached hydrogens (tertiary/aromatic N) is 2. The fourth-order valence-electron chi connectivity index (χ4n) is 3.24. The predicted octanol–water partition coefficient (Wildman–Crippen LogP) is 1.33. The van der Waals surface area contributed by atoms with Crippen LogP contribution in [0.4, 0.5) is 0 Å². The van der Waals surface area contributed by atoms with Crippen molar-refractivity contribution in [2.24, 2.45) is 23.0 Å². The van der Waals surface area contributed by atoms with Crippen LogP contribution in [0.15, 0.2) is 0 Å². The number of nitrogens with two attached hydrogens (primary N) is 1. The normalized spacial score (nSPS) is 17.4. The maximum absolute atomic E-state index is 12.4. The van der Waals surface area contributed by atoms with E-state index in [0.717, 1.165) is 19.4 Å². The first-order chi connectivity index (χ1) is 11.0. The van der Waals surface area contributed by atoms with Crippen LogP contribution in [-0.2, 0) is 9.59 Å². The molecule has 2 amide bonds. The van der Waals surface area contributed by atoms with Gasteiger partial charge in [-0.25, -0.2) is 0 Å². The second-order valence-electron chi connectivity index (χ2n) is 8.49. The SMILES string of the molecule is CC(C)[C@H](N)C(=O)N1CCC(C(=O)NCC(C)(C)CN(C)C)CC1.Cl. The van der Waals surface area contributed by atoms with Gasteiger partial charge in [-0.3, -0.25) is 9.59 Å². The number of nitrogens with one attached hydrogen (secondary N) is 1. The van der Waals surface area contributed by atoms with Gasteiger partial charge in [-0.1, -0.05) is 27.7 Å². The van der Waals surface area contributed by atoms with E-state index in [9.17, 15) is 9.59 Å². The fraction of sp³-hybridized carbons (Fsp3) is 0.889. The van der Waals surface area contributed by atoms with Crippen LogP contribution in [0.1, 0.15) is 40.5 Å². The molecule has 0 bridgehead atoms. The van der Waals surface area contributed by atoms with E-state index in [2.05, 4.69) is 24.1 Å². The van der Waals surface area contributed by atoms with Gasteiger partial charge < -0.3 is 20.9 Å². The molecule has 1 aliphatic rings. The Morgan fingerprint density at radius 2 is 1.76 bits per heavy atom. The second-order valence-corrected chi connectivity index (χ2v) is 8.49. The zero-order valence-electron chi connectivity index (χ0n) is 16.7. The minimum atomic E-state index is -0.442. The van der Waals surface area contributed by atoms with Crippen molar-refractivity contribution in [1.82, 2.24) is 15.1 Å². The summed E-state index contributed by atoms with van der Waals surface area (Å²) in [5, 5.41) is 3.09. The van der Waals surface area contributed by atoms with Gasteiger partial charge in [0.1, 0.15) is 0 Å². The van der Waals surface area contributed by atoms with Gasteiger partial charge in [-0.05, 0) is 38.3 Å². The third kappa shape index (κ3) is 7.92. The lowest BCUT2D eigenvalue weighted by atomic mass is 9.91. The number of halogens is 1. The van der Waals surface area contributed by atoms with E-state index in [4.69, 9.17) is 5.73 Å². The molecule has 3 N–H and O–H groups in total. The second kappa shape index (κ2) is 10.3. The first-order valence-electron chi connectivity index (χ1n) is 9.00. The van der Waals surface area contributed by atoms with Gasteiger partial charge in [0.15, 0.2) is 0 Å². The van der Waals surface area contributed by atoms with Crippen LogP contribution in [0.5, 0.6) is 0 Å². The van der Waals surface area contributed by atoms with E-state index in [1.807, 2.05) is 32.8 Å². The molecule has 1 fully saturated rings. The summed E-state index contributed by atoms with van der Waals surface area (Å²) in [6.07, 6.45) is 1.44. The van der Waals surface area contributed by atoms with E-state index >= 15 is 0 Å². The lowest BCUT2D eigenvalue weighted by Gasteiger charge is -2.34. The summed E-state index contributed by atoms with van der Waals surface area (Å²) >= 11 is 0. The van der Waals surface area contributed by atoms with Gasteiger partial charge >= 0.3 is 0 Å². The molecule has 0 radical (unpaired) electrons. The summed E-state index contributed by atoms with van der Waals surface area (Å²) in [6.45, 7) is 11.1. The highest BCUT2D eigenvalue weighted by atomic mass is 35.5. The van der Waals surface area contributed by atoms with Crippen molar-refractivity contribution in [3.05, 3.63) is 0 Å². The molecule has 0 aliphatic carbocycles. The highest BCUT2D eigenvalue weighted by Gasteiger charge is 2.31. The maximum atomic E-state index is 12.4. The number of carbonyl (C=O) groups excluding carboxylic acids is 2. The molecule has 25 heavy (non-hydrogen) atoms. The summed E-state index contributed by atoms with van der Waals surface area (Å²) < 4.78 is 0. The number of hydrogen-bond acceptors (Lipinski definition) is 4. The third-order valence-corrected chi connectivity index (χ3v) is 4.67. The van der Waals surface area contributed by atoms with Crippen molar-refractivity contribution in [3.8, 4) is 0 Å².